The Balaban J connectivity index is 1.54. The number of likely N-dealkylation sites (tertiary alicyclic amines) is 1. The molecule has 0 spiro atoms. The molecule has 1 aromatic carbocycles. The summed E-state index contributed by atoms with van der Waals surface area (Å²) in [4.78, 5) is 30.0. The second kappa shape index (κ2) is 8.92. The Bertz CT molecular complexity index is 849. The van der Waals surface area contributed by atoms with Crippen molar-refractivity contribution >= 4 is 34.4 Å². The van der Waals surface area contributed by atoms with Gasteiger partial charge in [0.15, 0.2) is 5.13 Å². The monoisotopic (exact) mass is 384 g/mol. The van der Waals surface area contributed by atoms with Gasteiger partial charge in [0, 0.05) is 37.6 Å². The molecule has 2 aromatic rings. The van der Waals surface area contributed by atoms with Gasteiger partial charge in [0.2, 0.25) is 11.8 Å². The molecule has 0 radical (unpaired) electrons. The number of carbonyl (C=O) groups excluding carboxylic acids is 2. The van der Waals surface area contributed by atoms with E-state index in [1.54, 1.807) is 0 Å². The van der Waals surface area contributed by atoms with Gasteiger partial charge in [-0.1, -0.05) is 35.9 Å². The number of rotatable bonds is 6. The van der Waals surface area contributed by atoms with Crippen molar-refractivity contribution in [3.05, 3.63) is 52.0 Å². The molecular formula is C20H24N4O2S. The van der Waals surface area contributed by atoms with Crippen molar-refractivity contribution in [2.45, 2.75) is 32.7 Å². The molecule has 3 rings (SSSR count). The number of carbonyl (C=O) groups is 2. The summed E-state index contributed by atoms with van der Waals surface area (Å²) in [6, 6.07) is 7.99. The van der Waals surface area contributed by atoms with Crippen LogP contribution in [-0.4, -0.2) is 34.8 Å². The number of thiazole rings is 1. The Morgan fingerprint density at radius 2 is 2.11 bits per heavy atom. The fourth-order valence-corrected chi connectivity index (χ4v) is 4.08. The van der Waals surface area contributed by atoms with Crippen LogP contribution >= 0.6 is 11.3 Å². The van der Waals surface area contributed by atoms with Crippen molar-refractivity contribution in [1.82, 2.24) is 9.88 Å². The molecule has 27 heavy (non-hydrogen) atoms. The highest BCUT2D eigenvalue weighted by molar-refractivity contribution is 7.15. The van der Waals surface area contributed by atoms with Gasteiger partial charge in [-0.05, 0) is 24.0 Å². The second-order valence-electron chi connectivity index (χ2n) is 6.78. The van der Waals surface area contributed by atoms with E-state index in [4.69, 9.17) is 5.73 Å². The van der Waals surface area contributed by atoms with E-state index in [9.17, 15) is 9.59 Å². The Morgan fingerprint density at radius 3 is 2.81 bits per heavy atom. The number of hydrogen-bond acceptors (Lipinski definition) is 5. The summed E-state index contributed by atoms with van der Waals surface area (Å²) >= 11 is 1.53. The van der Waals surface area contributed by atoms with Gasteiger partial charge in [0.05, 0.1) is 6.42 Å². The first kappa shape index (κ1) is 19.3. The first-order valence-corrected chi connectivity index (χ1v) is 9.81. The number of amides is 2. The van der Waals surface area contributed by atoms with Crippen molar-refractivity contribution < 1.29 is 9.59 Å². The lowest BCUT2D eigenvalue weighted by atomic mass is 9.99. The molecule has 0 atom stereocenters. The van der Waals surface area contributed by atoms with Crippen LogP contribution in [0.5, 0.6) is 0 Å². The minimum Gasteiger partial charge on any atom is -0.369 e. The number of anilines is 1. The first-order valence-electron chi connectivity index (χ1n) is 8.99. The summed E-state index contributed by atoms with van der Waals surface area (Å²) in [7, 11) is 0. The van der Waals surface area contributed by atoms with Crippen molar-refractivity contribution in [3.63, 3.8) is 0 Å². The maximum absolute atomic E-state index is 11.1. The minimum atomic E-state index is -0.308. The number of aromatic nitrogens is 1. The topological polar surface area (TPSA) is 88.3 Å². The van der Waals surface area contributed by atoms with Crippen LogP contribution in [0, 0.1) is 0 Å². The van der Waals surface area contributed by atoms with Crippen LogP contribution in [0.3, 0.4) is 0 Å². The lowest BCUT2D eigenvalue weighted by Crippen LogP contribution is -2.29. The lowest BCUT2D eigenvalue weighted by Gasteiger charge is -2.27. The standard InChI is InChI=1S/C20H24N4O2S/c1-14(25)23-20-22-12-18(27-20)13-24-7-5-15(6-8-24)9-16-3-2-4-17(10-16)11-19(21)26/h2-4,9-10,12H,5-8,11,13H2,1H3,(H2,21,26)(H,22,23,25). The normalized spacial score (nSPS) is 14.8. The highest BCUT2D eigenvalue weighted by atomic mass is 32.1. The van der Waals surface area contributed by atoms with Crippen molar-refractivity contribution in [2.75, 3.05) is 18.4 Å². The van der Waals surface area contributed by atoms with E-state index in [1.807, 2.05) is 24.4 Å². The van der Waals surface area contributed by atoms with E-state index < -0.39 is 0 Å². The van der Waals surface area contributed by atoms with Crippen molar-refractivity contribution in [1.29, 1.82) is 0 Å². The lowest BCUT2D eigenvalue weighted by molar-refractivity contribution is -0.117. The summed E-state index contributed by atoms with van der Waals surface area (Å²) in [6.45, 7) is 4.35. The SMILES string of the molecule is CC(=O)Nc1ncc(CN2CCC(=Cc3cccc(CC(N)=O)c3)CC2)s1. The number of nitrogens with two attached hydrogens (primary N) is 1. The third kappa shape index (κ3) is 6.01. The van der Waals surface area contributed by atoms with Gasteiger partial charge >= 0.3 is 0 Å². The summed E-state index contributed by atoms with van der Waals surface area (Å²) in [5, 5.41) is 3.38. The predicted octanol–water partition coefficient (Wildman–Crippen LogP) is 2.81. The van der Waals surface area contributed by atoms with Gasteiger partial charge in [0.1, 0.15) is 0 Å². The Hall–Kier alpha value is -2.51. The average Bonchev–Trinajstić information content (AvgIpc) is 3.02. The molecule has 0 saturated carbocycles. The molecular weight excluding hydrogens is 360 g/mol. The van der Waals surface area contributed by atoms with E-state index in [-0.39, 0.29) is 18.2 Å². The summed E-state index contributed by atoms with van der Waals surface area (Å²) in [6.07, 6.45) is 6.39. The van der Waals surface area contributed by atoms with Crippen molar-refractivity contribution in [3.8, 4) is 0 Å². The number of primary amides is 1. The van der Waals surface area contributed by atoms with Crippen LogP contribution in [-0.2, 0) is 22.6 Å². The zero-order chi connectivity index (χ0) is 19.2. The number of nitrogens with one attached hydrogen (secondary N) is 1. The van der Waals surface area contributed by atoms with E-state index in [2.05, 4.69) is 27.3 Å². The third-order valence-electron chi connectivity index (χ3n) is 4.41. The van der Waals surface area contributed by atoms with Gasteiger partial charge in [-0.2, -0.15) is 0 Å². The largest absolute Gasteiger partial charge is 0.369 e. The van der Waals surface area contributed by atoms with E-state index in [0.717, 1.165) is 48.5 Å². The number of nitrogens with zero attached hydrogens (tertiary/aromatic N) is 2. The Kier molecular flexibility index (Phi) is 6.36. The van der Waals surface area contributed by atoms with Crippen LogP contribution < -0.4 is 11.1 Å². The molecule has 1 aliphatic rings. The van der Waals surface area contributed by atoms with E-state index in [0.29, 0.717) is 5.13 Å². The number of hydrogen-bond donors (Lipinski definition) is 2. The summed E-state index contributed by atoms with van der Waals surface area (Å²) < 4.78 is 0. The van der Waals surface area contributed by atoms with Crippen LogP contribution in [0.15, 0.2) is 36.0 Å². The maximum Gasteiger partial charge on any atom is 0.223 e. The minimum absolute atomic E-state index is 0.0939. The smallest absolute Gasteiger partial charge is 0.223 e. The molecule has 0 bridgehead atoms. The predicted molar refractivity (Wildman–Crippen MR) is 108 cm³/mol. The highest BCUT2D eigenvalue weighted by Gasteiger charge is 2.15. The Labute approximate surface area is 163 Å². The second-order valence-corrected chi connectivity index (χ2v) is 7.89. The van der Waals surface area contributed by atoms with Crippen LogP contribution in [0.1, 0.15) is 35.8 Å². The Morgan fingerprint density at radius 1 is 1.33 bits per heavy atom. The fraction of sp³-hybridized carbons (Fsp3) is 0.350. The zero-order valence-electron chi connectivity index (χ0n) is 15.4. The number of benzene rings is 1. The van der Waals surface area contributed by atoms with Gasteiger partial charge in [-0.25, -0.2) is 4.98 Å². The van der Waals surface area contributed by atoms with E-state index in [1.165, 1.54) is 23.8 Å². The quantitative estimate of drug-likeness (QED) is 0.802. The van der Waals surface area contributed by atoms with Crippen molar-refractivity contribution in [2.24, 2.45) is 5.73 Å². The highest BCUT2D eigenvalue weighted by Crippen LogP contribution is 2.24. The summed E-state index contributed by atoms with van der Waals surface area (Å²) in [5.41, 5.74) is 8.78. The molecule has 1 aromatic heterocycles. The molecule has 2 heterocycles. The molecule has 1 fully saturated rings. The molecule has 1 saturated heterocycles. The molecule has 142 valence electrons. The average molecular weight is 385 g/mol. The summed E-state index contributed by atoms with van der Waals surface area (Å²) in [5.74, 6) is -0.401. The van der Waals surface area contributed by atoms with Crippen LogP contribution in [0.2, 0.25) is 0 Å². The zero-order valence-corrected chi connectivity index (χ0v) is 16.2. The maximum atomic E-state index is 11.1. The first-order chi connectivity index (χ1) is 13.0. The molecule has 3 N–H and O–H groups in total. The van der Waals surface area contributed by atoms with Gasteiger partial charge in [-0.3, -0.25) is 14.5 Å². The molecule has 7 heteroatoms. The molecule has 0 unspecified atom stereocenters. The molecule has 6 nitrogen and oxygen atoms in total. The van der Waals surface area contributed by atoms with E-state index >= 15 is 0 Å². The molecule has 2 amide bonds. The number of piperidine rings is 1. The van der Waals surface area contributed by atoms with Crippen LogP contribution in [0.25, 0.3) is 6.08 Å². The van der Waals surface area contributed by atoms with Crippen LogP contribution in [0.4, 0.5) is 5.13 Å². The van der Waals surface area contributed by atoms with Gasteiger partial charge in [0.25, 0.3) is 0 Å². The molecule has 0 aliphatic carbocycles. The van der Waals surface area contributed by atoms with Gasteiger partial charge < -0.3 is 11.1 Å². The fourth-order valence-electron chi connectivity index (χ4n) is 3.18. The molecule has 1 aliphatic heterocycles. The van der Waals surface area contributed by atoms with Gasteiger partial charge in [-0.15, -0.1) is 11.3 Å². The third-order valence-corrected chi connectivity index (χ3v) is 5.31.